The molecule has 28 heavy (non-hydrogen) atoms. The van der Waals surface area contributed by atoms with Crippen molar-refractivity contribution in [3.05, 3.63) is 69.9 Å². The Balaban J connectivity index is 1.77. The first-order chi connectivity index (χ1) is 13.2. The minimum absolute atomic E-state index is 0.0123. The number of carbonyl (C=O) groups excluding carboxylic acids is 1. The summed E-state index contributed by atoms with van der Waals surface area (Å²) in [6.07, 6.45) is -4.92. The number of carbonyl (C=O) groups is 1. The molecule has 0 saturated heterocycles. The molecule has 146 valence electrons. The number of aromatic nitrogens is 1. The molecule has 3 aromatic rings. The second-order valence-corrected chi connectivity index (χ2v) is 6.65. The predicted octanol–water partition coefficient (Wildman–Crippen LogP) is 5.24. The van der Waals surface area contributed by atoms with Gasteiger partial charge in [-0.15, -0.1) is 0 Å². The Labute approximate surface area is 164 Å². The van der Waals surface area contributed by atoms with Crippen LogP contribution in [-0.2, 0) is 18.0 Å². The van der Waals surface area contributed by atoms with E-state index in [2.05, 4.69) is 4.98 Å². The molecule has 0 atom stereocenters. The molecule has 1 heterocycles. The Kier molecular flexibility index (Phi) is 5.58. The largest absolute Gasteiger partial charge is 0.454 e. The number of ether oxygens (including phenoxy) is 1. The second-order valence-electron chi connectivity index (χ2n) is 6.24. The summed E-state index contributed by atoms with van der Waals surface area (Å²) in [5.74, 6) is -1.89. The summed E-state index contributed by atoms with van der Waals surface area (Å²) in [4.78, 5) is 15.8. The van der Waals surface area contributed by atoms with Crippen LogP contribution in [0.25, 0.3) is 10.9 Å². The number of halogens is 4. The molecule has 8 heteroatoms. The third-order valence-corrected chi connectivity index (χ3v) is 4.59. The number of ketones is 1. The van der Waals surface area contributed by atoms with Gasteiger partial charge in [0.1, 0.15) is 0 Å². The van der Waals surface area contributed by atoms with E-state index in [-0.39, 0.29) is 13.2 Å². The van der Waals surface area contributed by atoms with Crippen LogP contribution >= 0.6 is 11.6 Å². The standard InChI is InChI=1S/C20H16ClF3N2O2/c1-11-14(18(25)17-15(21)6-3-7-16(17)26-11)10-28-9-12-4-2-5-13(8-12)19(27)20(22,23)24/h2-8H,9-10H2,1H3,(H2,25,26). The van der Waals surface area contributed by atoms with Gasteiger partial charge in [-0.2, -0.15) is 13.2 Å². The van der Waals surface area contributed by atoms with Gasteiger partial charge in [-0.05, 0) is 30.7 Å². The number of hydrogen-bond donors (Lipinski definition) is 1. The van der Waals surface area contributed by atoms with Crippen molar-refractivity contribution in [2.75, 3.05) is 5.73 Å². The lowest BCUT2D eigenvalue weighted by Crippen LogP contribution is -2.22. The van der Waals surface area contributed by atoms with Crippen LogP contribution in [0.4, 0.5) is 18.9 Å². The van der Waals surface area contributed by atoms with Gasteiger partial charge in [0.25, 0.3) is 5.78 Å². The van der Waals surface area contributed by atoms with Gasteiger partial charge in [-0.25, -0.2) is 0 Å². The molecule has 0 radical (unpaired) electrons. The van der Waals surface area contributed by atoms with E-state index in [0.717, 1.165) is 6.07 Å². The Morgan fingerprint density at radius 2 is 1.89 bits per heavy atom. The Bertz CT molecular complexity index is 1050. The van der Waals surface area contributed by atoms with Crippen molar-refractivity contribution in [2.24, 2.45) is 0 Å². The smallest absolute Gasteiger partial charge is 0.398 e. The van der Waals surface area contributed by atoms with Crippen molar-refractivity contribution in [3.63, 3.8) is 0 Å². The van der Waals surface area contributed by atoms with Gasteiger partial charge in [0, 0.05) is 27.9 Å². The number of rotatable bonds is 5. The number of nitrogens with two attached hydrogens (primary N) is 1. The quantitative estimate of drug-likeness (QED) is 0.586. The number of fused-ring (bicyclic) bond motifs is 1. The van der Waals surface area contributed by atoms with E-state index in [1.54, 1.807) is 31.2 Å². The minimum atomic E-state index is -4.92. The molecule has 2 aromatic carbocycles. The number of pyridine rings is 1. The maximum atomic E-state index is 12.6. The summed E-state index contributed by atoms with van der Waals surface area (Å²) in [7, 11) is 0. The van der Waals surface area contributed by atoms with Crippen LogP contribution in [-0.4, -0.2) is 16.9 Å². The molecule has 1 aromatic heterocycles. The zero-order valence-electron chi connectivity index (χ0n) is 14.8. The Hall–Kier alpha value is -2.64. The number of hydrogen-bond acceptors (Lipinski definition) is 4. The van der Waals surface area contributed by atoms with Gasteiger partial charge in [0.2, 0.25) is 0 Å². The van der Waals surface area contributed by atoms with E-state index >= 15 is 0 Å². The highest BCUT2D eigenvalue weighted by atomic mass is 35.5. The maximum absolute atomic E-state index is 12.6. The van der Waals surface area contributed by atoms with Crippen molar-refractivity contribution >= 4 is 34.0 Å². The van der Waals surface area contributed by atoms with Crippen LogP contribution < -0.4 is 5.73 Å². The van der Waals surface area contributed by atoms with E-state index in [9.17, 15) is 18.0 Å². The summed E-state index contributed by atoms with van der Waals surface area (Å²) < 4.78 is 43.4. The number of anilines is 1. The van der Waals surface area contributed by atoms with Gasteiger partial charge in [0.05, 0.1) is 23.8 Å². The molecule has 0 fully saturated rings. The van der Waals surface area contributed by atoms with Crippen molar-refractivity contribution in [1.29, 1.82) is 0 Å². The van der Waals surface area contributed by atoms with Crippen LogP contribution in [0.15, 0.2) is 42.5 Å². The number of nitrogens with zero attached hydrogens (tertiary/aromatic N) is 1. The molecule has 0 saturated carbocycles. The third kappa shape index (κ3) is 4.10. The second kappa shape index (κ2) is 7.77. The van der Waals surface area contributed by atoms with Gasteiger partial charge < -0.3 is 10.5 Å². The normalized spacial score (nSPS) is 11.8. The van der Waals surface area contributed by atoms with Gasteiger partial charge in [-0.3, -0.25) is 9.78 Å². The van der Waals surface area contributed by atoms with Crippen LogP contribution in [0.2, 0.25) is 5.02 Å². The fourth-order valence-electron chi connectivity index (χ4n) is 2.89. The zero-order chi connectivity index (χ0) is 20.5. The number of nitrogen functional groups attached to an aromatic ring is 1. The van der Waals surface area contributed by atoms with E-state index in [1.807, 2.05) is 0 Å². The summed E-state index contributed by atoms with van der Waals surface area (Å²) >= 11 is 6.22. The highest BCUT2D eigenvalue weighted by molar-refractivity contribution is 6.36. The van der Waals surface area contributed by atoms with Crippen LogP contribution in [0.5, 0.6) is 0 Å². The van der Waals surface area contributed by atoms with Crippen LogP contribution in [0.3, 0.4) is 0 Å². The zero-order valence-corrected chi connectivity index (χ0v) is 15.6. The van der Waals surface area contributed by atoms with Crippen LogP contribution in [0, 0.1) is 6.92 Å². The average molecular weight is 409 g/mol. The maximum Gasteiger partial charge on any atom is 0.454 e. The van der Waals surface area contributed by atoms with Crippen molar-refractivity contribution in [1.82, 2.24) is 4.98 Å². The molecule has 0 spiro atoms. The molecule has 0 unspecified atom stereocenters. The van der Waals surface area contributed by atoms with E-state index in [4.69, 9.17) is 22.1 Å². The molecule has 2 N–H and O–H groups in total. The summed E-state index contributed by atoms with van der Waals surface area (Å²) in [5, 5.41) is 1.10. The molecule has 0 aliphatic carbocycles. The van der Waals surface area contributed by atoms with Crippen LogP contribution in [0.1, 0.15) is 27.2 Å². The number of benzene rings is 2. The first kappa shape index (κ1) is 20.1. The van der Waals surface area contributed by atoms with Gasteiger partial charge >= 0.3 is 6.18 Å². The first-order valence-corrected chi connectivity index (χ1v) is 8.67. The predicted molar refractivity (Wildman–Crippen MR) is 101 cm³/mol. The molecule has 0 aliphatic heterocycles. The van der Waals surface area contributed by atoms with E-state index < -0.39 is 17.5 Å². The monoisotopic (exact) mass is 408 g/mol. The summed E-state index contributed by atoms with van der Waals surface area (Å²) in [6.45, 7) is 1.90. The molecule has 3 rings (SSSR count). The first-order valence-electron chi connectivity index (χ1n) is 8.30. The van der Waals surface area contributed by atoms with Crippen molar-refractivity contribution in [2.45, 2.75) is 26.3 Å². The summed E-state index contributed by atoms with van der Waals surface area (Å²) in [6, 6.07) is 10.6. The Morgan fingerprint density at radius 3 is 2.61 bits per heavy atom. The lowest BCUT2D eigenvalue weighted by atomic mass is 10.1. The topological polar surface area (TPSA) is 65.2 Å². The molecular formula is C20H16ClF3N2O2. The number of Topliss-reactive ketones (excluding diaryl/α,β-unsaturated/α-hetero) is 1. The number of alkyl halides is 3. The Morgan fingerprint density at radius 1 is 1.18 bits per heavy atom. The molecule has 4 nitrogen and oxygen atoms in total. The highest BCUT2D eigenvalue weighted by Gasteiger charge is 2.39. The van der Waals surface area contributed by atoms with Crippen molar-refractivity contribution < 1.29 is 22.7 Å². The van der Waals surface area contributed by atoms with Gasteiger partial charge in [0.15, 0.2) is 0 Å². The third-order valence-electron chi connectivity index (χ3n) is 4.27. The lowest BCUT2D eigenvalue weighted by molar-refractivity contribution is -0.0885. The van der Waals surface area contributed by atoms with E-state index in [1.165, 1.54) is 12.1 Å². The van der Waals surface area contributed by atoms with Crippen molar-refractivity contribution in [3.8, 4) is 0 Å². The fourth-order valence-corrected chi connectivity index (χ4v) is 3.16. The SMILES string of the molecule is Cc1nc2cccc(Cl)c2c(N)c1COCc1cccc(C(=O)C(F)(F)F)c1. The van der Waals surface area contributed by atoms with E-state index in [0.29, 0.717) is 38.4 Å². The number of aryl methyl sites for hydroxylation is 1. The molecule has 0 aliphatic rings. The lowest BCUT2D eigenvalue weighted by Gasteiger charge is -2.14. The molecule has 0 bridgehead atoms. The van der Waals surface area contributed by atoms with Gasteiger partial charge in [-0.1, -0.05) is 35.9 Å². The minimum Gasteiger partial charge on any atom is -0.398 e. The fraction of sp³-hybridized carbons (Fsp3) is 0.200. The highest BCUT2D eigenvalue weighted by Crippen LogP contribution is 2.32. The molecular weight excluding hydrogens is 393 g/mol. The summed E-state index contributed by atoms with van der Waals surface area (Å²) in [5.41, 5.74) is 8.71. The molecule has 0 amide bonds. The average Bonchev–Trinajstić information content (AvgIpc) is 2.63.